The maximum Gasteiger partial charge on any atom is 0.279 e. The summed E-state index contributed by atoms with van der Waals surface area (Å²) in [5.41, 5.74) is 0. The van der Waals surface area contributed by atoms with Gasteiger partial charge in [0.05, 0.1) is 0 Å². The molecule has 0 aromatic rings. The fourth-order valence-corrected chi connectivity index (χ4v) is 3.25. The van der Waals surface area contributed by atoms with Crippen molar-refractivity contribution in [2.75, 3.05) is 19.6 Å². The molecule has 0 saturated carbocycles. The van der Waals surface area contributed by atoms with Crippen molar-refractivity contribution in [3.8, 4) is 0 Å². The van der Waals surface area contributed by atoms with Gasteiger partial charge in [0.2, 0.25) is 0 Å². The van der Waals surface area contributed by atoms with Gasteiger partial charge in [0.15, 0.2) is 0 Å². The summed E-state index contributed by atoms with van der Waals surface area (Å²) in [4.78, 5) is 0.453. The van der Waals surface area contributed by atoms with Crippen molar-refractivity contribution in [2.45, 2.75) is 37.4 Å². The van der Waals surface area contributed by atoms with E-state index < -0.39 is 10.2 Å². The summed E-state index contributed by atoms with van der Waals surface area (Å²) in [5, 5.41) is 0. The van der Waals surface area contributed by atoms with Gasteiger partial charge in [-0.3, -0.25) is 0 Å². The average molecular weight is 299 g/mol. The Morgan fingerprint density at radius 3 is 2.53 bits per heavy atom. The molecule has 6 heteroatoms. The Balaban J connectivity index is 2.24. The third kappa shape index (κ3) is 4.80. The van der Waals surface area contributed by atoms with E-state index in [9.17, 15) is 8.42 Å². The van der Waals surface area contributed by atoms with Gasteiger partial charge in [-0.1, -0.05) is 22.9 Å². The van der Waals surface area contributed by atoms with E-state index >= 15 is 0 Å². The molecule has 1 aliphatic heterocycles. The van der Waals surface area contributed by atoms with Crippen LogP contribution in [-0.4, -0.2) is 37.2 Å². The van der Waals surface area contributed by atoms with Crippen molar-refractivity contribution < 1.29 is 8.42 Å². The van der Waals surface area contributed by atoms with E-state index in [0.29, 0.717) is 24.5 Å². The minimum atomic E-state index is -3.19. The molecule has 0 aliphatic carbocycles. The molecule has 1 N–H and O–H groups in total. The van der Waals surface area contributed by atoms with Gasteiger partial charge in [-0.25, -0.2) is 4.72 Å². The minimum Gasteiger partial charge on any atom is -0.202 e. The van der Waals surface area contributed by atoms with Gasteiger partial charge in [0.1, 0.15) is 0 Å². The molecule has 15 heavy (non-hydrogen) atoms. The average Bonchev–Trinajstić information content (AvgIpc) is 2.65. The summed E-state index contributed by atoms with van der Waals surface area (Å²) in [6.07, 6.45) is 3.83. The molecule has 0 amide bonds. The Hall–Kier alpha value is 0.350. The zero-order chi connectivity index (χ0) is 11.3. The molecule has 4 nitrogen and oxygen atoms in total. The maximum absolute atomic E-state index is 11.7. The van der Waals surface area contributed by atoms with Gasteiger partial charge in [-0.2, -0.15) is 12.7 Å². The van der Waals surface area contributed by atoms with E-state index in [0.717, 1.165) is 25.7 Å². The summed E-state index contributed by atoms with van der Waals surface area (Å²) in [5.74, 6) is 0. The summed E-state index contributed by atoms with van der Waals surface area (Å²) >= 11 is 3.43. The number of nitrogens with one attached hydrogen (secondary N) is 1. The third-order valence-corrected chi connectivity index (χ3v) is 4.54. The van der Waals surface area contributed by atoms with Gasteiger partial charge < -0.3 is 0 Å². The number of halogens is 1. The summed E-state index contributed by atoms with van der Waals surface area (Å²) < 4.78 is 27.5. The van der Waals surface area contributed by atoms with Gasteiger partial charge in [0.25, 0.3) is 10.2 Å². The molecule has 90 valence electrons. The highest BCUT2D eigenvalue weighted by Crippen LogP contribution is 2.11. The smallest absolute Gasteiger partial charge is 0.202 e. The quantitative estimate of drug-likeness (QED) is 0.596. The van der Waals surface area contributed by atoms with E-state index in [1.165, 1.54) is 4.31 Å². The highest BCUT2D eigenvalue weighted by molar-refractivity contribution is 9.09. The number of hydrogen-bond donors (Lipinski definition) is 1. The first-order valence-electron chi connectivity index (χ1n) is 5.41. The van der Waals surface area contributed by atoms with E-state index in [2.05, 4.69) is 27.6 Å². The Bertz CT molecular complexity index is 274. The fraction of sp³-hybridized carbons (Fsp3) is 1.00. The lowest BCUT2D eigenvalue weighted by Gasteiger charge is -2.16. The number of rotatable bonds is 6. The van der Waals surface area contributed by atoms with Crippen LogP contribution in [0.1, 0.15) is 32.6 Å². The van der Waals surface area contributed by atoms with Crippen LogP contribution < -0.4 is 4.72 Å². The highest BCUT2D eigenvalue weighted by atomic mass is 79.9. The van der Waals surface area contributed by atoms with Crippen LogP contribution in [0.5, 0.6) is 0 Å². The van der Waals surface area contributed by atoms with E-state index in [1.807, 2.05) is 0 Å². The van der Waals surface area contributed by atoms with E-state index in [-0.39, 0.29) is 0 Å². The van der Waals surface area contributed by atoms with Crippen LogP contribution in [-0.2, 0) is 10.2 Å². The Labute approximate surface area is 101 Å². The normalized spacial score (nSPS) is 20.7. The molecular formula is C9H19BrN2O2S. The molecule has 1 atom stereocenters. The van der Waals surface area contributed by atoms with Gasteiger partial charge >= 0.3 is 0 Å². The zero-order valence-corrected chi connectivity index (χ0v) is 11.5. The van der Waals surface area contributed by atoms with Crippen molar-refractivity contribution in [3.63, 3.8) is 0 Å². The predicted molar refractivity (Wildman–Crippen MR) is 65.4 cm³/mol. The van der Waals surface area contributed by atoms with Crippen LogP contribution in [0.25, 0.3) is 0 Å². The van der Waals surface area contributed by atoms with Crippen LogP contribution >= 0.6 is 15.9 Å². The number of nitrogens with zero attached hydrogens (tertiary/aromatic N) is 1. The van der Waals surface area contributed by atoms with E-state index in [4.69, 9.17) is 0 Å². The molecule has 0 radical (unpaired) electrons. The fourth-order valence-electron chi connectivity index (χ4n) is 1.60. The lowest BCUT2D eigenvalue weighted by molar-refractivity contribution is 0.463. The molecule has 1 rings (SSSR count). The molecule has 0 aromatic carbocycles. The second-order valence-electron chi connectivity index (χ2n) is 3.93. The van der Waals surface area contributed by atoms with Crippen molar-refractivity contribution in [3.05, 3.63) is 0 Å². The number of hydrogen-bond acceptors (Lipinski definition) is 2. The Kier molecular flexibility index (Phi) is 5.52. The van der Waals surface area contributed by atoms with Crippen molar-refractivity contribution in [1.82, 2.24) is 9.03 Å². The van der Waals surface area contributed by atoms with E-state index in [1.54, 1.807) is 0 Å². The lowest BCUT2D eigenvalue weighted by atomic mass is 10.2. The lowest BCUT2D eigenvalue weighted by Crippen LogP contribution is -2.39. The monoisotopic (exact) mass is 298 g/mol. The highest BCUT2D eigenvalue weighted by Gasteiger charge is 2.24. The molecule has 0 aromatic heterocycles. The Morgan fingerprint density at radius 2 is 2.00 bits per heavy atom. The molecule has 1 aliphatic rings. The molecule has 1 heterocycles. The van der Waals surface area contributed by atoms with Crippen molar-refractivity contribution in [1.29, 1.82) is 0 Å². The summed E-state index contributed by atoms with van der Waals surface area (Å²) in [6, 6.07) is 0. The predicted octanol–water partition coefficient (Wildman–Crippen LogP) is 1.48. The van der Waals surface area contributed by atoms with Gasteiger partial charge in [-0.15, -0.1) is 0 Å². The second kappa shape index (κ2) is 6.18. The SMILES string of the molecule is CC(Br)CCCNS(=O)(=O)N1CCCC1. The zero-order valence-electron chi connectivity index (χ0n) is 9.08. The molecule has 1 saturated heterocycles. The summed E-state index contributed by atoms with van der Waals surface area (Å²) in [6.45, 7) is 3.94. The molecule has 0 spiro atoms. The first kappa shape index (κ1) is 13.4. The Morgan fingerprint density at radius 1 is 1.40 bits per heavy atom. The van der Waals surface area contributed by atoms with Crippen LogP contribution in [0, 0.1) is 0 Å². The molecule has 1 fully saturated rings. The second-order valence-corrected chi connectivity index (χ2v) is 7.25. The van der Waals surface area contributed by atoms with Crippen molar-refractivity contribution in [2.24, 2.45) is 0 Å². The third-order valence-electron chi connectivity index (χ3n) is 2.47. The number of alkyl halides is 1. The first-order valence-corrected chi connectivity index (χ1v) is 7.77. The van der Waals surface area contributed by atoms with Crippen LogP contribution in [0.2, 0.25) is 0 Å². The van der Waals surface area contributed by atoms with Crippen LogP contribution in [0.15, 0.2) is 0 Å². The van der Waals surface area contributed by atoms with Crippen LogP contribution in [0.4, 0.5) is 0 Å². The van der Waals surface area contributed by atoms with Gasteiger partial charge in [0, 0.05) is 24.5 Å². The maximum atomic E-state index is 11.7. The largest absolute Gasteiger partial charge is 0.279 e. The first-order chi connectivity index (χ1) is 7.02. The van der Waals surface area contributed by atoms with Gasteiger partial charge in [-0.05, 0) is 25.7 Å². The minimum absolute atomic E-state index is 0.453. The molecule has 0 bridgehead atoms. The summed E-state index contributed by atoms with van der Waals surface area (Å²) in [7, 11) is -3.19. The van der Waals surface area contributed by atoms with Crippen LogP contribution in [0.3, 0.4) is 0 Å². The molecular weight excluding hydrogens is 280 g/mol. The topological polar surface area (TPSA) is 49.4 Å². The molecule has 1 unspecified atom stereocenters. The van der Waals surface area contributed by atoms with Crippen molar-refractivity contribution >= 4 is 26.1 Å². The standard InChI is InChI=1S/C9H19BrN2O2S/c1-9(10)5-4-6-11-15(13,14)12-7-2-3-8-12/h9,11H,2-8H2,1H3.